The number of hydrogen-bond donors (Lipinski definition) is 0. The molecule has 0 saturated heterocycles. The summed E-state index contributed by atoms with van der Waals surface area (Å²) in [6, 6.07) is 3.33. The number of hydrogen-bond acceptors (Lipinski definition) is 8. The molecule has 0 saturated carbocycles. The molecule has 0 N–H and O–H groups in total. The van der Waals surface area contributed by atoms with Gasteiger partial charge < -0.3 is 28.6 Å². The second-order valence-corrected chi connectivity index (χ2v) is 6.58. The summed E-state index contributed by atoms with van der Waals surface area (Å²) >= 11 is 0. The van der Waals surface area contributed by atoms with Crippen molar-refractivity contribution in [2.75, 3.05) is 35.5 Å². The summed E-state index contributed by atoms with van der Waals surface area (Å²) in [5.74, 6) is -0.586. The van der Waals surface area contributed by atoms with Crippen LogP contribution in [0.1, 0.15) is 25.3 Å². The maximum Gasteiger partial charge on any atom is 0.336 e. The van der Waals surface area contributed by atoms with Gasteiger partial charge in [0.2, 0.25) is 0 Å². The molecular weight excluding hydrogens is 378 g/mol. The second kappa shape index (κ2) is 9.36. The van der Waals surface area contributed by atoms with Gasteiger partial charge in [-0.1, -0.05) is 0 Å². The van der Waals surface area contributed by atoms with Crippen LogP contribution in [-0.2, 0) is 19.1 Å². The van der Waals surface area contributed by atoms with Crippen LogP contribution < -0.4 is 14.2 Å². The molecule has 1 aliphatic rings. The number of rotatable bonds is 7. The molecule has 8 heteroatoms. The lowest BCUT2D eigenvalue weighted by molar-refractivity contribution is -0.137. The minimum atomic E-state index is -0.778. The van der Waals surface area contributed by atoms with Gasteiger partial charge in [0.1, 0.15) is 5.75 Å². The molecule has 0 radical (unpaired) electrons. The third kappa shape index (κ3) is 4.31. The minimum Gasteiger partial charge on any atom is -0.496 e. The van der Waals surface area contributed by atoms with Crippen LogP contribution in [0, 0.1) is 0 Å². The first-order valence-corrected chi connectivity index (χ1v) is 9.00. The van der Waals surface area contributed by atoms with Gasteiger partial charge in [-0.25, -0.2) is 9.59 Å². The van der Waals surface area contributed by atoms with Crippen molar-refractivity contribution in [2.45, 2.75) is 25.8 Å². The number of esters is 2. The molecule has 8 nitrogen and oxygen atoms in total. The fourth-order valence-corrected chi connectivity index (χ4v) is 3.16. The molecule has 29 heavy (non-hydrogen) atoms. The van der Waals surface area contributed by atoms with Crippen molar-refractivity contribution >= 4 is 11.9 Å². The largest absolute Gasteiger partial charge is 0.496 e. The molecule has 158 valence electrons. The van der Waals surface area contributed by atoms with Gasteiger partial charge >= 0.3 is 11.9 Å². The second-order valence-electron chi connectivity index (χ2n) is 6.58. The standard InChI is InChI=1S/C21H27NO7/c1-12(2)22-10-14(20(23)28-6)19(15(11-22)21(24)29-7)13-8-17(26-4)18(27-5)9-16(13)25-3/h8-12,19H,1-7H3. The summed E-state index contributed by atoms with van der Waals surface area (Å²) in [6.07, 6.45) is 3.34. The number of carbonyl (C=O) groups excluding carboxylic acids is 2. The molecule has 1 aromatic carbocycles. The van der Waals surface area contributed by atoms with Crippen LogP contribution in [0.15, 0.2) is 35.7 Å². The van der Waals surface area contributed by atoms with Crippen molar-refractivity contribution in [1.82, 2.24) is 4.90 Å². The molecule has 0 amide bonds. The Labute approximate surface area is 170 Å². The lowest BCUT2D eigenvalue weighted by Gasteiger charge is -2.32. The first-order chi connectivity index (χ1) is 13.8. The van der Waals surface area contributed by atoms with Gasteiger partial charge in [-0.05, 0) is 19.9 Å². The third-order valence-corrected chi connectivity index (χ3v) is 4.68. The summed E-state index contributed by atoms with van der Waals surface area (Å²) in [6.45, 7) is 3.88. The average Bonchev–Trinajstić information content (AvgIpc) is 2.75. The Morgan fingerprint density at radius 2 is 1.24 bits per heavy atom. The lowest BCUT2D eigenvalue weighted by atomic mass is 9.82. The maximum atomic E-state index is 12.7. The van der Waals surface area contributed by atoms with Gasteiger partial charge in [-0.15, -0.1) is 0 Å². The molecule has 1 heterocycles. The Morgan fingerprint density at radius 3 is 1.62 bits per heavy atom. The van der Waals surface area contributed by atoms with Gasteiger partial charge in [-0.3, -0.25) is 0 Å². The zero-order chi connectivity index (χ0) is 21.7. The summed E-state index contributed by atoms with van der Waals surface area (Å²) in [4.78, 5) is 27.1. The van der Waals surface area contributed by atoms with Crippen LogP contribution in [0.25, 0.3) is 0 Å². The van der Waals surface area contributed by atoms with Crippen molar-refractivity contribution in [1.29, 1.82) is 0 Å². The van der Waals surface area contributed by atoms with Gasteiger partial charge in [0.25, 0.3) is 0 Å². The van der Waals surface area contributed by atoms with Crippen LogP contribution in [0.2, 0.25) is 0 Å². The fraction of sp³-hybridized carbons (Fsp3) is 0.429. The van der Waals surface area contributed by atoms with Crippen molar-refractivity contribution in [3.05, 3.63) is 41.2 Å². The van der Waals surface area contributed by atoms with E-state index >= 15 is 0 Å². The topological polar surface area (TPSA) is 83.5 Å². The Morgan fingerprint density at radius 1 is 0.793 bits per heavy atom. The highest BCUT2D eigenvalue weighted by atomic mass is 16.5. The molecule has 0 atom stereocenters. The predicted molar refractivity (Wildman–Crippen MR) is 106 cm³/mol. The highest BCUT2D eigenvalue weighted by Gasteiger charge is 2.38. The molecule has 1 aliphatic heterocycles. The monoisotopic (exact) mass is 405 g/mol. The van der Waals surface area contributed by atoms with Crippen LogP contribution in [-0.4, -0.2) is 58.4 Å². The molecule has 0 aromatic heterocycles. The summed E-state index contributed by atoms with van der Waals surface area (Å²) in [5, 5.41) is 0. The molecule has 0 unspecified atom stereocenters. The third-order valence-electron chi connectivity index (χ3n) is 4.68. The van der Waals surface area contributed by atoms with Crippen molar-refractivity contribution in [2.24, 2.45) is 0 Å². The maximum absolute atomic E-state index is 12.7. The van der Waals surface area contributed by atoms with E-state index in [1.165, 1.54) is 35.5 Å². The van der Waals surface area contributed by atoms with Gasteiger partial charge in [0.05, 0.1) is 52.6 Å². The van der Waals surface area contributed by atoms with Crippen LogP contribution in [0.5, 0.6) is 17.2 Å². The quantitative estimate of drug-likeness (QED) is 0.640. The van der Waals surface area contributed by atoms with E-state index in [0.717, 1.165) is 0 Å². The Hall–Kier alpha value is -3.16. The lowest BCUT2D eigenvalue weighted by Crippen LogP contribution is -2.31. The Balaban J connectivity index is 2.79. The van der Waals surface area contributed by atoms with Crippen molar-refractivity contribution in [3.63, 3.8) is 0 Å². The van der Waals surface area contributed by atoms with E-state index in [1.807, 2.05) is 13.8 Å². The van der Waals surface area contributed by atoms with Crippen LogP contribution in [0.3, 0.4) is 0 Å². The van der Waals surface area contributed by atoms with E-state index in [0.29, 0.717) is 22.8 Å². The summed E-state index contributed by atoms with van der Waals surface area (Å²) in [7, 11) is 7.10. The minimum absolute atomic E-state index is 0.00237. The zero-order valence-electron chi connectivity index (χ0n) is 17.8. The highest BCUT2D eigenvalue weighted by molar-refractivity contribution is 5.99. The number of methoxy groups -OCH3 is 5. The van der Waals surface area contributed by atoms with E-state index in [4.69, 9.17) is 23.7 Å². The highest BCUT2D eigenvalue weighted by Crippen LogP contribution is 2.45. The van der Waals surface area contributed by atoms with E-state index in [2.05, 4.69) is 0 Å². The van der Waals surface area contributed by atoms with Gasteiger partial charge in [0.15, 0.2) is 11.5 Å². The molecule has 0 bridgehead atoms. The average molecular weight is 405 g/mol. The fourth-order valence-electron chi connectivity index (χ4n) is 3.16. The summed E-state index contributed by atoms with van der Waals surface area (Å²) in [5.41, 5.74) is 1.09. The van der Waals surface area contributed by atoms with E-state index in [1.54, 1.807) is 29.4 Å². The molecule has 0 spiro atoms. The Kier molecular flexibility index (Phi) is 7.14. The van der Waals surface area contributed by atoms with Crippen molar-refractivity contribution < 1.29 is 33.3 Å². The molecule has 2 rings (SSSR count). The molecular formula is C21H27NO7. The normalized spacial score (nSPS) is 14.1. The first-order valence-electron chi connectivity index (χ1n) is 9.00. The van der Waals surface area contributed by atoms with Gasteiger partial charge in [0, 0.05) is 30.1 Å². The van der Waals surface area contributed by atoms with Crippen LogP contribution in [0.4, 0.5) is 0 Å². The van der Waals surface area contributed by atoms with Crippen molar-refractivity contribution in [3.8, 4) is 17.2 Å². The van der Waals surface area contributed by atoms with E-state index in [-0.39, 0.29) is 17.2 Å². The number of benzene rings is 1. The van der Waals surface area contributed by atoms with Crippen LogP contribution >= 0.6 is 0 Å². The van der Waals surface area contributed by atoms with E-state index in [9.17, 15) is 9.59 Å². The molecule has 0 fully saturated rings. The smallest absolute Gasteiger partial charge is 0.336 e. The first kappa shape index (κ1) is 22.1. The summed E-state index contributed by atoms with van der Waals surface area (Å²) < 4.78 is 26.3. The number of nitrogens with zero attached hydrogens (tertiary/aromatic N) is 1. The molecule has 1 aromatic rings. The van der Waals surface area contributed by atoms with E-state index < -0.39 is 17.9 Å². The predicted octanol–water partition coefficient (Wildman–Crippen LogP) is 2.63. The Bertz CT molecular complexity index is 808. The number of carbonyl (C=O) groups is 2. The molecule has 0 aliphatic carbocycles. The number of ether oxygens (including phenoxy) is 5. The zero-order valence-corrected chi connectivity index (χ0v) is 17.8. The SMILES string of the molecule is COC(=O)C1=CN(C(C)C)C=C(C(=O)OC)C1c1cc(OC)c(OC)cc1OC. The van der Waals surface area contributed by atoms with Gasteiger partial charge in [-0.2, -0.15) is 0 Å².